The van der Waals surface area contributed by atoms with E-state index in [1.54, 1.807) is 0 Å². The van der Waals surface area contributed by atoms with Crippen molar-refractivity contribution in [2.24, 2.45) is 5.92 Å². The van der Waals surface area contributed by atoms with Gasteiger partial charge >= 0.3 is 0 Å². The molecule has 0 saturated carbocycles. The zero-order valence-corrected chi connectivity index (χ0v) is 10.7. The molecule has 3 nitrogen and oxygen atoms in total. The Labute approximate surface area is 98.3 Å². The second-order valence-corrected chi connectivity index (χ2v) is 5.11. The Morgan fingerprint density at radius 3 is 3.19 bits per heavy atom. The molecule has 0 spiro atoms. The molecule has 2 rings (SSSR count). The second-order valence-electron chi connectivity index (χ2n) is 5.11. The molecule has 1 N–H and O–H groups in total. The fourth-order valence-corrected chi connectivity index (χ4v) is 2.27. The highest BCUT2D eigenvalue weighted by Gasteiger charge is 2.19. The number of rotatable bonds is 4. The lowest BCUT2D eigenvalue weighted by Gasteiger charge is -2.26. The molecule has 0 bridgehead atoms. The molecule has 2 atom stereocenters. The molecule has 1 aliphatic heterocycles. The van der Waals surface area contributed by atoms with Gasteiger partial charge in [-0.3, -0.25) is 0 Å². The van der Waals surface area contributed by atoms with Crippen LogP contribution in [0.4, 0.5) is 0 Å². The highest BCUT2D eigenvalue weighted by atomic mass is 15.1. The molecular formula is C13H23N3. The lowest BCUT2D eigenvalue weighted by Crippen LogP contribution is -2.39. The van der Waals surface area contributed by atoms with Crippen LogP contribution in [0.3, 0.4) is 0 Å². The van der Waals surface area contributed by atoms with E-state index in [-0.39, 0.29) is 0 Å². The smallest absolute Gasteiger partial charge is 0.109 e. The summed E-state index contributed by atoms with van der Waals surface area (Å²) in [6.07, 6.45) is 5.78. The predicted molar refractivity (Wildman–Crippen MR) is 66.5 cm³/mol. The monoisotopic (exact) mass is 221 g/mol. The van der Waals surface area contributed by atoms with Gasteiger partial charge in [0.2, 0.25) is 0 Å². The first-order valence-electron chi connectivity index (χ1n) is 6.45. The van der Waals surface area contributed by atoms with Gasteiger partial charge in [-0.2, -0.15) is 0 Å². The summed E-state index contributed by atoms with van der Waals surface area (Å²) < 4.78 is 2.31. The van der Waals surface area contributed by atoms with E-state index in [4.69, 9.17) is 0 Å². The number of aromatic nitrogens is 2. The van der Waals surface area contributed by atoms with E-state index in [2.05, 4.69) is 41.8 Å². The molecule has 0 aliphatic carbocycles. The summed E-state index contributed by atoms with van der Waals surface area (Å²) in [4.78, 5) is 4.53. The average molecular weight is 221 g/mol. The van der Waals surface area contributed by atoms with Crippen LogP contribution in [0.1, 0.15) is 38.2 Å². The molecule has 1 aromatic heterocycles. The minimum atomic E-state index is 0.634. The fourth-order valence-electron chi connectivity index (χ4n) is 2.27. The normalized spacial score (nSPS) is 21.8. The van der Waals surface area contributed by atoms with E-state index in [0.29, 0.717) is 6.04 Å². The summed E-state index contributed by atoms with van der Waals surface area (Å²) in [6, 6.07) is 0.634. The summed E-state index contributed by atoms with van der Waals surface area (Å²) >= 11 is 0. The maximum atomic E-state index is 4.53. The molecule has 0 fully saturated rings. The van der Waals surface area contributed by atoms with E-state index < -0.39 is 0 Å². The average Bonchev–Trinajstić information content (AvgIpc) is 2.65. The Morgan fingerprint density at radius 2 is 2.44 bits per heavy atom. The van der Waals surface area contributed by atoms with Crippen molar-refractivity contribution in [3.63, 3.8) is 0 Å². The molecule has 0 amide bonds. The Bertz CT molecular complexity index is 343. The zero-order valence-electron chi connectivity index (χ0n) is 10.7. The topological polar surface area (TPSA) is 29.9 Å². The van der Waals surface area contributed by atoms with Crippen LogP contribution in [0, 0.1) is 12.8 Å². The standard InChI is InChI=1S/C13H23N3/c1-4-10(2)7-14-12-5-6-13-15-11(3)8-16(13)9-12/h8,10,12,14H,4-7,9H2,1-3H3. The number of nitrogens with one attached hydrogen (secondary N) is 1. The Kier molecular flexibility index (Phi) is 3.64. The highest BCUT2D eigenvalue weighted by molar-refractivity contribution is 5.05. The molecule has 1 aromatic rings. The van der Waals surface area contributed by atoms with Crippen LogP contribution in [0.2, 0.25) is 0 Å². The van der Waals surface area contributed by atoms with Gasteiger partial charge in [0.25, 0.3) is 0 Å². The molecule has 2 heterocycles. The van der Waals surface area contributed by atoms with E-state index in [1.807, 2.05) is 0 Å². The molecular weight excluding hydrogens is 198 g/mol. The summed E-state index contributed by atoms with van der Waals surface area (Å²) in [5.74, 6) is 2.05. The molecule has 2 unspecified atom stereocenters. The molecule has 0 aromatic carbocycles. The SMILES string of the molecule is CCC(C)CNC1CCc2nc(C)cn2C1. The number of hydrogen-bond donors (Lipinski definition) is 1. The van der Waals surface area contributed by atoms with Crippen LogP contribution < -0.4 is 5.32 Å². The third-order valence-corrected chi connectivity index (χ3v) is 3.57. The van der Waals surface area contributed by atoms with Gasteiger partial charge < -0.3 is 9.88 Å². The van der Waals surface area contributed by atoms with Crippen molar-refractivity contribution in [1.29, 1.82) is 0 Å². The van der Waals surface area contributed by atoms with Crippen molar-refractivity contribution in [3.05, 3.63) is 17.7 Å². The quantitative estimate of drug-likeness (QED) is 0.844. The van der Waals surface area contributed by atoms with E-state index in [9.17, 15) is 0 Å². The van der Waals surface area contributed by atoms with Gasteiger partial charge in [0.15, 0.2) is 0 Å². The van der Waals surface area contributed by atoms with E-state index >= 15 is 0 Å². The van der Waals surface area contributed by atoms with Gasteiger partial charge in [-0.15, -0.1) is 0 Å². The molecule has 3 heteroatoms. The zero-order chi connectivity index (χ0) is 11.5. The van der Waals surface area contributed by atoms with Crippen LogP contribution in [0.25, 0.3) is 0 Å². The first-order chi connectivity index (χ1) is 7.69. The van der Waals surface area contributed by atoms with Gasteiger partial charge in [-0.1, -0.05) is 20.3 Å². The fraction of sp³-hybridized carbons (Fsp3) is 0.769. The van der Waals surface area contributed by atoms with Crippen LogP contribution in [-0.4, -0.2) is 22.1 Å². The van der Waals surface area contributed by atoms with Gasteiger partial charge in [-0.25, -0.2) is 4.98 Å². The largest absolute Gasteiger partial charge is 0.333 e. The van der Waals surface area contributed by atoms with Gasteiger partial charge in [-0.05, 0) is 25.8 Å². The Morgan fingerprint density at radius 1 is 1.62 bits per heavy atom. The maximum absolute atomic E-state index is 4.53. The van der Waals surface area contributed by atoms with Gasteiger partial charge in [0.1, 0.15) is 5.82 Å². The Hall–Kier alpha value is -0.830. The molecule has 16 heavy (non-hydrogen) atoms. The summed E-state index contributed by atoms with van der Waals surface area (Å²) in [5, 5.41) is 3.67. The minimum absolute atomic E-state index is 0.634. The van der Waals surface area contributed by atoms with E-state index in [1.165, 1.54) is 18.7 Å². The van der Waals surface area contributed by atoms with Crippen molar-refractivity contribution >= 4 is 0 Å². The van der Waals surface area contributed by atoms with E-state index in [0.717, 1.165) is 31.1 Å². The van der Waals surface area contributed by atoms with Crippen molar-refractivity contribution in [3.8, 4) is 0 Å². The third kappa shape index (κ3) is 2.64. The summed E-state index contributed by atoms with van der Waals surface area (Å²) in [6.45, 7) is 8.87. The number of hydrogen-bond acceptors (Lipinski definition) is 2. The molecule has 1 aliphatic rings. The minimum Gasteiger partial charge on any atom is -0.333 e. The van der Waals surface area contributed by atoms with Crippen LogP contribution in [0.5, 0.6) is 0 Å². The first-order valence-corrected chi connectivity index (χ1v) is 6.45. The summed E-state index contributed by atoms with van der Waals surface area (Å²) in [5.41, 5.74) is 1.15. The van der Waals surface area contributed by atoms with Crippen LogP contribution >= 0.6 is 0 Å². The Balaban J connectivity index is 1.87. The molecule has 0 radical (unpaired) electrons. The number of imidazole rings is 1. The maximum Gasteiger partial charge on any atom is 0.109 e. The lowest BCUT2D eigenvalue weighted by atomic mass is 10.1. The highest BCUT2D eigenvalue weighted by Crippen LogP contribution is 2.15. The predicted octanol–water partition coefficient (Wildman–Crippen LogP) is 2.14. The lowest BCUT2D eigenvalue weighted by molar-refractivity contribution is 0.354. The number of aryl methyl sites for hydroxylation is 2. The summed E-state index contributed by atoms with van der Waals surface area (Å²) in [7, 11) is 0. The van der Waals surface area contributed by atoms with Crippen molar-refractivity contribution < 1.29 is 0 Å². The molecule has 0 saturated heterocycles. The number of fused-ring (bicyclic) bond motifs is 1. The van der Waals surface area contributed by atoms with Crippen LogP contribution in [-0.2, 0) is 13.0 Å². The first kappa shape index (κ1) is 11.6. The molecule has 90 valence electrons. The van der Waals surface area contributed by atoms with Crippen molar-refractivity contribution in [1.82, 2.24) is 14.9 Å². The van der Waals surface area contributed by atoms with Crippen LogP contribution in [0.15, 0.2) is 6.20 Å². The van der Waals surface area contributed by atoms with Gasteiger partial charge in [0, 0.05) is 25.2 Å². The second kappa shape index (κ2) is 5.00. The van der Waals surface area contributed by atoms with Crippen molar-refractivity contribution in [2.45, 2.75) is 52.6 Å². The third-order valence-electron chi connectivity index (χ3n) is 3.57. The van der Waals surface area contributed by atoms with Crippen molar-refractivity contribution in [2.75, 3.05) is 6.54 Å². The van der Waals surface area contributed by atoms with Gasteiger partial charge in [0.05, 0.1) is 5.69 Å². The number of nitrogens with zero attached hydrogens (tertiary/aromatic N) is 2.